The van der Waals surface area contributed by atoms with Crippen LogP contribution >= 0.6 is 0 Å². The summed E-state index contributed by atoms with van der Waals surface area (Å²) in [5.74, 6) is -0.207. The van der Waals surface area contributed by atoms with Crippen LogP contribution in [0, 0.1) is 12.7 Å². The standard InChI is InChI=1S/C12H16FN/c1-3-4-5-12(14)10-7-6-9(2)8-11(10)13/h3,6-8,12H,1,4-5,14H2,2H3/t12-/m1/s1. The third-order valence-corrected chi connectivity index (χ3v) is 2.24. The van der Waals surface area contributed by atoms with Crippen LogP contribution in [0.5, 0.6) is 0 Å². The quantitative estimate of drug-likeness (QED) is 0.730. The Hall–Kier alpha value is -1.15. The summed E-state index contributed by atoms with van der Waals surface area (Å²) in [4.78, 5) is 0. The maximum atomic E-state index is 13.4. The molecule has 0 heterocycles. The summed E-state index contributed by atoms with van der Waals surface area (Å²) in [6.45, 7) is 5.48. The fourth-order valence-corrected chi connectivity index (χ4v) is 1.39. The van der Waals surface area contributed by atoms with Gasteiger partial charge in [-0.3, -0.25) is 0 Å². The molecule has 0 aliphatic heterocycles. The van der Waals surface area contributed by atoms with E-state index in [0.717, 1.165) is 18.4 Å². The number of hydrogen-bond acceptors (Lipinski definition) is 1. The number of halogens is 1. The number of rotatable bonds is 4. The van der Waals surface area contributed by atoms with Gasteiger partial charge in [-0.1, -0.05) is 18.2 Å². The summed E-state index contributed by atoms with van der Waals surface area (Å²) in [7, 11) is 0. The third-order valence-electron chi connectivity index (χ3n) is 2.24. The van der Waals surface area contributed by atoms with E-state index >= 15 is 0 Å². The van der Waals surface area contributed by atoms with Gasteiger partial charge in [0, 0.05) is 11.6 Å². The van der Waals surface area contributed by atoms with Gasteiger partial charge in [-0.2, -0.15) is 0 Å². The number of aryl methyl sites for hydroxylation is 1. The van der Waals surface area contributed by atoms with Crippen molar-refractivity contribution in [2.24, 2.45) is 5.73 Å². The molecule has 0 aliphatic rings. The molecule has 1 nitrogen and oxygen atoms in total. The summed E-state index contributed by atoms with van der Waals surface area (Å²) in [6, 6.07) is 4.93. The molecule has 1 rings (SSSR count). The van der Waals surface area contributed by atoms with E-state index < -0.39 is 0 Å². The second-order valence-corrected chi connectivity index (χ2v) is 3.50. The van der Waals surface area contributed by atoms with Crippen molar-refractivity contribution < 1.29 is 4.39 Å². The molecule has 0 bridgehead atoms. The van der Waals surface area contributed by atoms with Crippen LogP contribution in [-0.2, 0) is 0 Å². The molecular weight excluding hydrogens is 177 g/mol. The first-order chi connectivity index (χ1) is 6.65. The maximum absolute atomic E-state index is 13.4. The molecule has 14 heavy (non-hydrogen) atoms. The van der Waals surface area contributed by atoms with Crippen molar-refractivity contribution >= 4 is 0 Å². The van der Waals surface area contributed by atoms with Crippen molar-refractivity contribution in [2.45, 2.75) is 25.8 Å². The molecule has 0 amide bonds. The average molecular weight is 193 g/mol. The van der Waals surface area contributed by atoms with Gasteiger partial charge in [-0.15, -0.1) is 6.58 Å². The fraction of sp³-hybridized carbons (Fsp3) is 0.333. The molecule has 0 fully saturated rings. The first-order valence-electron chi connectivity index (χ1n) is 4.77. The molecule has 76 valence electrons. The number of hydrogen-bond donors (Lipinski definition) is 1. The van der Waals surface area contributed by atoms with Crippen LogP contribution in [0.1, 0.15) is 30.0 Å². The van der Waals surface area contributed by atoms with Crippen LogP contribution in [0.3, 0.4) is 0 Å². The van der Waals surface area contributed by atoms with Gasteiger partial charge in [-0.25, -0.2) is 4.39 Å². The molecule has 1 aromatic carbocycles. The van der Waals surface area contributed by atoms with Crippen molar-refractivity contribution in [1.82, 2.24) is 0 Å². The summed E-state index contributed by atoms with van der Waals surface area (Å²) < 4.78 is 13.4. The lowest BCUT2D eigenvalue weighted by Crippen LogP contribution is -2.11. The SMILES string of the molecule is C=CCC[C@@H](N)c1ccc(C)cc1F. The Morgan fingerprint density at radius 3 is 2.86 bits per heavy atom. The maximum Gasteiger partial charge on any atom is 0.128 e. The van der Waals surface area contributed by atoms with Crippen LogP contribution in [0.15, 0.2) is 30.9 Å². The molecule has 0 radical (unpaired) electrons. The zero-order valence-corrected chi connectivity index (χ0v) is 8.46. The Morgan fingerprint density at radius 1 is 1.57 bits per heavy atom. The zero-order chi connectivity index (χ0) is 10.6. The van der Waals surface area contributed by atoms with E-state index in [9.17, 15) is 4.39 Å². The molecule has 0 saturated carbocycles. The highest BCUT2D eigenvalue weighted by Gasteiger charge is 2.09. The predicted octanol–water partition coefficient (Wildman–Crippen LogP) is 3.10. The van der Waals surface area contributed by atoms with E-state index in [0.29, 0.717) is 5.56 Å². The lowest BCUT2D eigenvalue weighted by molar-refractivity contribution is 0.565. The molecule has 0 aliphatic carbocycles. The number of nitrogens with two attached hydrogens (primary N) is 1. The van der Waals surface area contributed by atoms with Gasteiger partial charge in [0.05, 0.1) is 0 Å². The monoisotopic (exact) mass is 193 g/mol. The van der Waals surface area contributed by atoms with Crippen LogP contribution < -0.4 is 5.73 Å². The highest BCUT2D eigenvalue weighted by atomic mass is 19.1. The van der Waals surface area contributed by atoms with Gasteiger partial charge in [0.15, 0.2) is 0 Å². The Bertz CT molecular complexity index is 320. The van der Waals surface area contributed by atoms with Crippen LogP contribution in [-0.4, -0.2) is 0 Å². The van der Waals surface area contributed by atoms with Crippen LogP contribution in [0.2, 0.25) is 0 Å². The summed E-state index contributed by atoms with van der Waals surface area (Å²) in [6.07, 6.45) is 3.35. The largest absolute Gasteiger partial charge is 0.324 e. The second kappa shape index (κ2) is 4.91. The molecule has 0 aromatic heterocycles. The lowest BCUT2D eigenvalue weighted by Gasteiger charge is -2.12. The van der Waals surface area contributed by atoms with Gasteiger partial charge in [-0.05, 0) is 31.4 Å². The summed E-state index contributed by atoms with van der Waals surface area (Å²) in [5, 5.41) is 0. The van der Waals surface area contributed by atoms with Crippen molar-refractivity contribution in [3.05, 3.63) is 47.8 Å². The molecule has 2 N–H and O–H groups in total. The minimum Gasteiger partial charge on any atom is -0.324 e. The smallest absolute Gasteiger partial charge is 0.128 e. The Kier molecular flexibility index (Phi) is 3.84. The first-order valence-corrected chi connectivity index (χ1v) is 4.77. The highest BCUT2D eigenvalue weighted by molar-refractivity contribution is 5.25. The third kappa shape index (κ3) is 2.67. The summed E-state index contributed by atoms with van der Waals surface area (Å²) in [5.41, 5.74) is 7.36. The Balaban J connectivity index is 2.78. The van der Waals surface area contributed by atoms with E-state index in [-0.39, 0.29) is 11.9 Å². The molecule has 1 atom stereocenters. The zero-order valence-electron chi connectivity index (χ0n) is 8.46. The van der Waals surface area contributed by atoms with Gasteiger partial charge >= 0.3 is 0 Å². The van der Waals surface area contributed by atoms with Gasteiger partial charge in [0.1, 0.15) is 5.82 Å². The van der Waals surface area contributed by atoms with E-state index in [1.165, 1.54) is 6.07 Å². The van der Waals surface area contributed by atoms with Crippen molar-refractivity contribution in [1.29, 1.82) is 0 Å². The molecule has 0 spiro atoms. The van der Waals surface area contributed by atoms with Crippen LogP contribution in [0.25, 0.3) is 0 Å². The topological polar surface area (TPSA) is 26.0 Å². The van der Waals surface area contributed by atoms with Crippen molar-refractivity contribution in [2.75, 3.05) is 0 Å². The van der Waals surface area contributed by atoms with E-state index in [4.69, 9.17) is 5.73 Å². The molecule has 0 saturated heterocycles. The summed E-state index contributed by atoms with van der Waals surface area (Å²) >= 11 is 0. The van der Waals surface area contributed by atoms with Crippen LogP contribution in [0.4, 0.5) is 4.39 Å². The lowest BCUT2D eigenvalue weighted by atomic mass is 10.0. The molecule has 0 unspecified atom stereocenters. The Labute approximate surface area is 84.4 Å². The minimum atomic E-state index is -0.228. The van der Waals surface area contributed by atoms with E-state index in [1.54, 1.807) is 12.1 Å². The Morgan fingerprint density at radius 2 is 2.29 bits per heavy atom. The predicted molar refractivity (Wildman–Crippen MR) is 57.5 cm³/mol. The minimum absolute atomic E-state index is 0.207. The molecule has 1 aromatic rings. The molecule has 2 heteroatoms. The second-order valence-electron chi connectivity index (χ2n) is 3.50. The number of allylic oxidation sites excluding steroid dienone is 1. The van der Waals surface area contributed by atoms with Gasteiger partial charge in [0.25, 0.3) is 0 Å². The highest BCUT2D eigenvalue weighted by Crippen LogP contribution is 2.20. The fourth-order valence-electron chi connectivity index (χ4n) is 1.39. The van der Waals surface area contributed by atoms with E-state index in [1.807, 2.05) is 13.0 Å². The first kappa shape index (κ1) is 10.9. The number of benzene rings is 1. The van der Waals surface area contributed by atoms with Gasteiger partial charge in [0.2, 0.25) is 0 Å². The molecular formula is C12H16FN. The van der Waals surface area contributed by atoms with Gasteiger partial charge < -0.3 is 5.73 Å². The van der Waals surface area contributed by atoms with Crippen molar-refractivity contribution in [3.8, 4) is 0 Å². The average Bonchev–Trinajstić information content (AvgIpc) is 2.14. The van der Waals surface area contributed by atoms with Crippen molar-refractivity contribution in [3.63, 3.8) is 0 Å². The normalized spacial score (nSPS) is 12.5. The van der Waals surface area contributed by atoms with E-state index in [2.05, 4.69) is 6.58 Å².